The lowest BCUT2D eigenvalue weighted by atomic mass is 9.97. The van der Waals surface area contributed by atoms with Gasteiger partial charge >= 0.3 is 0 Å². The molecule has 0 spiro atoms. The molecule has 1 unspecified atom stereocenters. The van der Waals surface area contributed by atoms with Gasteiger partial charge in [0.2, 0.25) is 5.91 Å². The summed E-state index contributed by atoms with van der Waals surface area (Å²) in [5.41, 5.74) is 0. The van der Waals surface area contributed by atoms with Gasteiger partial charge in [0.15, 0.2) is 0 Å². The molecule has 1 fully saturated rings. The molecule has 0 radical (unpaired) electrons. The minimum atomic E-state index is -0.673. The molecular weight excluding hydrogens is 272 g/mol. The summed E-state index contributed by atoms with van der Waals surface area (Å²) in [7, 11) is 0. The van der Waals surface area contributed by atoms with Crippen molar-refractivity contribution < 1.29 is 9.90 Å². The van der Waals surface area contributed by atoms with Crippen LogP contribution >= 0.6 is 22.9 Å². The van der Waals surface area contributed by atoms with E-state index in [0.717, 1.165) is 30.8 Å². The molecule has 1 aliphatic rings. The molecule has 1 atom stereocenters. The zero-order valence-corrected chi connectivity index (χ0v) is 11.6. The quantitative estimate of drug-likeness (QED) is 0.788. The molecule has 0 bridgehead atoms. The normalized spacial score (nSPS) is 18.6. The van der Waals surface area contributed by atoms with Gasteiger partial charge in [-0.2, -0.15) is 0 Å². The highest BCUT2D eigenvalue weighted by Gasteiger charge is 2.21. The number of aliphatic hydroxyl groups excluding tert-OH is 1. The fraction of sp³-hybridized carbons (Fsp3) is 0.583. The van der Waals surface area contributed by atoms with E-state index in [4.69, 9.17) is 11.6 Å². The second kappa shape index (κ2) is 6.52. The number of amides is 1. The molecule has 0 aromatic carbocycles. The fourth-order valence-corrected chi connectivity index (χ4v) is 3.08. The van der Waals surface area contributed by atoms with Gasteiger partial charge in [0.05, 0.1) is 4.34 Å². The van der Waals surface area contributed by atoms with E-state index >= 15 is 0 Å². The number of halogens is 1. The van der Waals surface area contributed by atoms with Crippen molar-refractivity contribution in [2.24, 2.45) is 5.92 Å². The van der Waals surface area contributed by atoms with Gasteiger partial charge in [-0.15, -0.1) is 11.3 Å². The predicted octanol–water partition coefficient (Wildman–Crippen LogP) is 1.55. The minimum Gasteiger partial charge on any atom is -0.386 e. The molecule has 0 aliphatic carbocycles. The van der Waals surface area contributed by atoms with E-state index in [0.29, 0.717) is 4.34 Å². The summed E-state index contributed by atoms with van der Waals surface area (Å²) in [6, 6.07) is 3.54. The SMILES string of the molecule is O=C(NCC(O)c1ccc(Cl)s1)C1CCNCC1. The number of hydrogen-bond acceptors (Lipinski definition) is 4. The summed E-state index contributed by atoms with van der Waals surface area (Å²) >= 11 is 7.14. The van der Waals surface area contributed by atoms with E-state index in [1.54, 1.807) is 12.1 Å². The number of carbonyl (C=O) groups excluding carboxylic acids is 1. The Morgan fingerprint density at radius 3 is 2.89 bits per heavy atom. The zero-order valence-electron chi connectivity index (χ0n) is 9.99. The van der Waals surface area contributed by atoms with Crippen molar-refractivity contribution in [1.82, 2.24) is 10.6 Å². The monoisotopic (exact) mass is 288 g/mol. The summed E-state index contributed by atoms with van der Waals surface area (Å²) in [6.07, 6.45) is 1.06. The molecule has 2 rings (SSSR count). The van der Waals surface area contributed by atoms with Crippen molar-refractivity contribution >= 4 is 28.8 Å². The second-order valence-corrected chi connectivity index (χ2v) is 6.17. The fourth-order valence-electron chi connectivity index (χ4n) is 2.03. The molecule has 1 aliphatic heterocycles. The van der Waals surface area contributed by atoms with Crippen molar-refractivity contribution in [3.63, 3.8) is 0 Å². The third kappa shape index (κ3) is 3.68. The van der Waals surface area contributed by atoms with E-state index in [2.05, 4.69) is 10.6 Å². The summed E-state index contributed by atoms with van der Waals surface area (Å²) < 4.78 is 0.647. The number of nitrogens with one attached hydrogen (secondary N) is 2. The van der Waals surface area contributed by atoms with Crippen molar-refractivity contribution in [2.45, 2.75) is 18.9 Å². The maximum absolute atomic E-state index is 11.9. The first-order valence-electron chi connectivity index (χ1n) is 6.08. The molecule has 2 heterocycles. The number of thiophene rings is 1. The molecule has 1 aromatic rings. The first-order valence-corrected chi connectivity index (χ1v) is 7.28. The van der Waals surface area contributed by atoms with E-state index in [-0.39, 0.29) is 18.4 Å². The Kier molecular flexibility index (Phi) is 5.00. The second-order valence-electron chi connectivity index (χ2n) is 4.43. The van der Waals surface area contributed by atoms with Gasteiger partial charge in [0.1, 0.15) is 6.10 Å². The van der Waals surface area contributed by atoms with Crippen LogP contribution in [0.15, 0.2) is 12.1 Å². The van der Waals surface area contributed by atoms with Crippen molar-refractivity contribution in [1.29, 1.82) is 0 Å². The highest BCUT2D eigenvalue weighted by atomic mass is 35.5. The first kappa shape index (κ1) is 13.8. The Labute approximate surface area is 115 Å². The minimum absolute atomic E-state index is 0.0400. The number of piperidine rings is 1. The van der Waals surface area contributed by atoms with Gasteiger partial charge in [-0.05, 0) is 38.1 Å². The highest BCUT2D eigenvalue weighted by Crippen LogP contribution is 2.26. The van der Waals surface area contributed by atoms with Gasteiger partial charge in [-0.3, -0.25) is 4.79 Å². The highest BCUT2D eigenvalue weighted by molar-refractivity contribution is 7.16. The summed E-state index contributed by atoms with van der Waals surface area (Å²) in [4.78, 5) is 12.6. The van der Waals surface area contributed by atoms with Crippen LogP contribution in [-0.2, 0) is 4.79 Å². The largest absolute Gasteiger partial charge is 0.386 e. The van der Waals surface area contributed by atoms with E-state index in [1.807, 2.05) is 0 Å². The van der Waals surface area contributed by atoms with Crippen LogP contribution in [0.2, 0.25) is 4.34 Å². The van der Waals surface area contributed by atoms with Crippen LogP contribution in [0.3, 0.4) is 0 Å². The molecule has 3 N–H and O–H groups in total. The lowest BCUT2D eigenvalue weighted by Gasteiger charge is -2.22. The Balaban J connectivity index is 1.78. The van der Waals surface area contributed by atoms with E-state index < -0.39 is 6.10 Å². The zero-order chi connectivity index (χ0) is 13.0. The Bertz CT molecular complexity index is 405. The molecule has 0 saturated carbocycles. The average Bonchev–Trinajstić information content (AvgIpc) is 2.83. The Morgan fingerprint density at radius 1 is 1.56 bits per heavy atom. The number of carbonyl (C=O) groups is 1. The molecule has 1 aromatic heterocycles. The van der Waals surface area contributed by atoms with Gasteiger partial charge < -0.3 is 15.7 Å². The third-order valence-corrected chi connectivity index (χ3v) is 4.43. The van der Waals surface area contributed by atoms with Crippen molar-refractivity contribution in [3.8, 4) is 0 Å². The Hall–Kier alpha value is -0.620. The maximum Gasteiger partial charge on any atom is 0.223 e. The molecular formula is C12H17ClN2O2S. The Morgan fingerprint density at radius 2 is 2.28 bits per heavy atom. The van der Waals surface area contributed by atoms with Crippen LogP contribution in [0.5, 0.6) is 0 Å². The van der Waals surface area contributed by atoms with Crippen LogP contribution in [0, 0.1) is 5.92 Å². The van der Waals surface area contributed by atoms with E-state index in [9.17, 15) is 9.90 Å². The lowest BCUT2D eigenvalue weighted by Crippen LogP contribution is -2.39. The number of hydrogen-bond donors (Lipinski definition) is 3. The summed E-state index contributed by atoms with van der Waals surface area (Å²) in [5, 5.41) is 15.9. The smallest absolute Gasteiger partial charge is 0.223 e. The van der Waals surface area contributed by atoms with Crippen molar-refractivity contribution in [2.75, 3.05) is 19.6 Å². The molecule has 100 valence electrons. The molecule has 6 heteroatoms. The average molecular weight is 289 g/mol. The van der Waals surface area contributed by atoms with Gasteiger partial charge in [0, 0.05) is 17.3 Å². The van der Waals surface area contributed by atoms with Gasteiger partial charge in [-0.25, -0.2) is 0 Å². The van der Waals surface area contributed by atoms with Gasteiger partial charge in [-0.1, -0.05) is 11.6 Å². The maximum atomic E-state index is 11.9. The van der Waals surface area contributed by atoms with Crippen LogP contribution in [-0.4, -0.2) is 30.6 Å². The van der Waals surface area contributed by atoms with Crippen LogP contribution in [0.1, 0.15) is 23.8 Å². The summed E-state index contributed by atoms with van der Waals surface area (Å²) in [5.74, 6) is 0.114. The lowest BCUT2D eigenvalue weighted by molar-refractivity contribution is -0.126. The molecule has 4 nitrogen and oxygen atoms in total. The molecule has 18 heavy (non-hydrogen) atoms. The number of aliphatic hydroxyl groups is 1. The third-order valence-electron chi connectivity index (χ3n) is 3.10. The topological polar surface area (TPSA) is 61.4 Å². The standard InChI is InChI=1S/C12H17ClN2O2S/c13-11-2-1-10(18-11)9(16)7-15-12(17)8-3-5-14-6-4-8/h1-2,8-9,14,16H,3-7H2,(H,15,17). The number of rotatable bonds is 4. The van der Waals surface area contributed by atoms with Crippen LogP contribution in [0.25, 0.3) is 0 Å². The predicted molar refractivity (Wildman–Crippen MR) is 72.9 cm³/mol. The van der Waals surface area contributed by atoms with Crippen molar-refractivity contribution in [3.05, 3.63) is 21.3 Å². The first-order chi connectivity index (χ1) is 8.66. The molecule has 1 saturated heterocycles. The molecule has 1 amide bonds. The van der Waals surface area contributed by atoms with E-state index in [1.165, 1.54) is 11.3 Å². The van der Waals surface area contributed by atoms with Crippen LogP contribution in [0.4, 0.5) is 0 Å². The van der Waals surface area contributed by atoms with Gasteiger partial charge in [0.25, 0.3) is 0 Å². The summed E-state index contributed by atoms with van der Waals surface area (Å²) in [6.45, 7) is 2.03. The van der Waals surface area contributed by atoms with Crippen LogP contribution < -0.4 is 10.6 Å².